The summed E-state index contributed by atoms with van der Waals surface area (Å²) in [5, 5.41) is 12.2. The Labute approximate surface area is 253 Å². The number of carbonyl (C=O) groups is 1. The molecule has 0 saturated carbocycles. The van der Waals surface area contributed by atoms with Gasteiger partial charge in [0, 0.05) is 46.1 Å². The molecule has 0 aliphatic carbocycles. The van der Waals surface area contributed by atoms with E-state index in [1.165, 1.54) is 0 Å². The van der Waals surface area contributed by atoms with E-state index < -0.39 is 11.6 Å². The summed E-state index contributed by atoms with van der Waals surface area (Å²) in [6, 6.07) is 23.2. The molecule has 1 amide bonds. The zero-order valence-electron chi connectivity index (χ0n) is 23.1. The molecule has 1 aliphatic rings. The lowest BCUT2D eigenvalue weighted by Gasteiger charge is -2.32. The van der Waals surface area contributed by atoms with E-state index in [0.29, 0.717) is 37.6 Å². The number of hydrogen-bond acceptors (Lipinski definition) is 5. The summed E-state index contributed by atoms with van der Waals surface area (Å²) >= 11 is 7.38. The summed E-state index contributed by atoms with van der Waals surface area (Å²) in [5.74, 6) is 0.922. The van der Waals surface area contributed by atoms with Crippen molar-refractivity contribution in [2.45, 2.75) is 51.7 Å². The summed E-state index contributed by atoms with van der Waals surface area (Å²) in [5.41, 5.74) is 1.39. The molecule has 0 fully saturated rings. The normalized spacial score (nSPS) is 18.6. The van der Waals surface area contributed by atoms with Crippen molar-refractivity contribution in [3.8, 4) is 5.75 Å². The third-order valence-corrected chi connectivity index (χ3v) is 8.29. The van der Waals surface area contributed by atoms with E-state index >= 15 is 0 Å². The van der Waals surface area contributed by atoms with Crippen LogP contribution >= 0.6 is 31.9 Å². The van der Waals surface area contributed by atoms with Crippen molar-refractivity contribution in [2.75, 3.05) is 19.8 Å². The molecule has 6 nitrogen and oxygen atoms in total. The number of aliphatic hydroxyl groups is 1. The smallest absolute Gasteiger partial charge is 0.252 e. The maximum Gasteiger partial charge on any atom is 0.252 e. The van der Waals surface area contributed by atoms with Gasteiger partial charge >= 0.3 is 0 Å². The zero-order valence-corrected chi connectivity index (χ0v) is 26.3. The quantitative estimate of drug-likeness (QED) is 0.215. The number of aliphatic hydroxyl groups excluding tert-OH is 1. The molecule has 0 radical (unpaired) electrons. The molecule has 40 heavy (non-hydrogen) atoms. The van der Waals surface area contributed by atoms with Gasteiger partial charge in [-0.15, -0.1) is 0 Å². The fraction of sp³-hybridized carbons (Fsp3) is 0.375. The van der Waals surface area contributed by atoms with Crippen LogP contribution in [0.15, 0.2) is 86.7 Å². The van der Waals surface area contributed by atoms with Gasteiger partial charge in [0.15, 0.2) is 11.6 Å². The lowest BCUT2D eigenvalue weighted by molar-refractivity contribution is -0.129. The van der Waals surface area contributed by atoms with Crippen molar-refractivity contribution in [1.29, 1.82) is 0 Å². The topological polar surface area (TPSA) is 80.2 Å². The van der Waals surface area contributed by atoms with Gasteiger partial charge in [0.05, 0.1) is 6.61 Å². The van der Waals surface area contributed by atoms with Gasteiger partial charge in [-0.05, 0) is 53.8 Å². The molecule has 2 atom stereocenters. The van der Waals surface area contributed by atoms with E-state index in [2.05, 4.69) is 57.9 Å². The second-order valence-corrected chi connectivity index (χ2v) is 12.9. The Balaban J connectivity index is 1.78. The van der Waals surface area contributed by atoms with Gasteiger partial charge in [0.25, 0.3) is 5.91 Å². The SMILES string of the molecule is CC(C)(C)CCNC(=O)[C@]1(Cc2ccccc2Br)N=C(c2ccc(OCCCO)cc2)O[C@@H]1c1ccccc1Br. The maximum absolute atomic E-state index is 14.3. The average molecular weight is 672 g/mol. The average Bonchev–Trinajstić information content (AvgIpc) is 3.30. The van der Waals surface area contributed by atoms with Crippen molar-refractivity contribution in [3.63, 3.8) is 0 Å². The van der Waals surface area contributed by atoms with Crippen LogP contribution in [0.5, 0.6) is 5.75 Å². The zero-order chi connectivity index (χ0) is 28.8. The minimum Gasteiger partial charge on any atom is -0.494 e. The monoisotopic (exact) mass is 670 g/mol. The molecule has 2 N–H and O–H groups in total. The van der Waals surface area contributed by atoms with Gasteiger partial charge in [-0.3, -0.25) is 4.79 Å². The molecule has 0 saturated heterocycles. The number of halogens is 2. The maximum atomic E-state index is 14.3. The minimum absolute atomic E-state index is 0.0758. The number of amides is 1. The molecule has 3 aromatic rings. The Kier molecular flexibility index (Phi) is 10.1. The highest BCUT2D eigenvalue weighted by Crippen LogP contribution is 2.45. The molecular weight excluding hydrogens is 636 g/mol. The van der Waals surface area contributed by atoms with Gasteiger partial charge < -0.3 is 19.9 Å². The Morgan fingerprint density at radius 1 is 1.02 bits per heavy atom. The molecule has 1 heterocycles. The van der Waals surface area contributed by atoms with Gasteiger partial charge in [0.2, 0.25) is 5.90 Å². The number of aliphatic imine (C=N–C) groups is 1. The van der Waals surface area contributed by atoms with Gasteiger partial charge in [-0.25, -0.2) is 4.99 Å². The number of rotatable bonds is 11. The summed E-state index contributed by atoms with van der Waals surface area (Å²) in [4.78, 5) is 19.4. The van der Waals surface area contributed by atoms with Gasteiger partial charge in [-0.1, -0.05) is 89.0 Å². The fourth-order valence-corrected chi connectivity index (χ4v) is 5.50. The highest BCUT2D eigenvalue weighted by molar-refractivity contribution is 9.10. The van der Waals surface area contributed by atoms with E-state index in [4.69, 9.17) is 19.6 Å². The van der Waals surface area contributed by atoms with Crippen LogP contribution in [-0.2, 0) is 16.0 Å². The van der Waals surface area contributed by atoms with Crippen molar-refractivity contribution < 1.29 is 19.4 Å². The van der Waals surface area contributed by atoms with Crippen LogP contribution in [0.4, 0.5) is 0 Å². The number of ether oxygens (including phenoxy) is 2. The fourth-order valence-electron chi connectivity index (χ4n) is 4.58. The Morgan fingerprint density at radius 2 is 1.70 bits per heavy atom. The van der Waals surface area contributed by atoms with Crippen LogP contribution in [-0.4, -0.2) is 42.2 Å². The summed E-state index contributed by atoms with van der Waals surface area (Å²) in [6.45, 7) is 7.52. The third kappa shape index (κ3) is 7.33. The Bertz CT molecular complexity index is 1340. The summed E-state index contributed by atoms with van der Waals surface area (Å²) < 4.78 is 14.1. The molecule has 0 aromatic heterocycles. The first kappa shape index (κ1) is 30.3. The minimum atomic E-state index is -1.25. The molecule has 8 heteroatoms. The Hall–Kier alpha value is -2.68. The van der Waals surface area contributed by atoms with E-state index in [-0.39, 0.29) is 17.9 Å². The van der Waals surface area contributed by atoms with Crippen molar-refractivity contribution in [3.05, 3.63) is 98.4 Å². The standard InChI is InChI=1S/C32H36Br2N2O4/c1-31(2,3)17-18-35-30(38)32(21-23-9-4-6-11-26(23)33)28(25-10-5-7-12-27(25)34)40-29(36-32)22-13-15-24(16-14-22)39-20-8-19-37/h4-7,9-16,28,37H,8,17-21H2,1-3H3,(H,35,38)/t28-,32-/m1/s1. The number of carbonyl (C=O) groups excluding carboxylic acids is 1. The van der Waals surface area contributed by atoms with Crippen LogP contribution in [0.2, 0.25) is 0 Å². The largest absolute Gasteiger partial charge is 0.494 e. The van der Waals surface area contributed by atoms with Crippen LogP contribution in [0.1, 0.15) is 56.4 Å². The van der Waals surface area contributed by atoms with Crippen LogP contribution in [0, 0.1) is 5.41 Å². The van der Waals surface area contributed by atoms with Crippen LogP contribution < -0.4 is 10.1 Å². The van der Waals surface area contributed by atoms with Crippen molar-refractivity contribution in [1.82, 2.24) is 5.32 Å². The van der Waals surface area contributed by atoms with Gasteiger partial charge in [-0.2, -0.15) is 0 Å². The van der Waals surface area contributed by atoms with Gasteiger partial charge in [0.1, 0.15) is 5.75 Å². The second-order valence-electron chi connectivity index (χ2n) is 11.1. The highest BCUT2D eigenvalue weighted by atomic mass is 79.9. The van der Waals surface area contributed by atoms with Crippen molar-refractivity contribution >= 4 is 43.7 Å². The predicted octanol–water partition coefficient (Wildman–Crippen LogP) is 7.02. The van der Waals surface area contributed by atoms with E-state index in [9.17, 15) is 4.79 Å². The number of hydrogen-bond donors (Lipinski definition) is 2. The number of nitrogens with one attached hydrogen (secondary N) is 1. The number of benzene rings is 3. The number of nitrogens with zero attached hydrogens (tertiary/aromatic N) is 1. The third-order valence-electron chi connectivity index (χ3n) is 6.80. The molecule has 0 spiro atoms. The van der Waals surface area contributed by atoms with Crippen LogP contribution in [0.3, 0.4) is 0 Å². The van der Waals surface area contributed by atoms with E-state index in [0.717, 1.165) is 32.1 Å². The van der Waals surface area contributed by atoms with E-state index in [1.54, 1.807) is 0 Å². The molecule has 4 rings (SSSR count). The lowest BCUT2D eigenvalue weighted by atomic mass is 9.81. The lowest BCUT2D eigenvalue weighted by Crippen LogP contribution is -2.50. The molecular formula is C32H36Br2N2O4. The Morgan fingerprint density at radius 3 is 2.35 bits per heavy atom. The molecule has 3 aromatic carbocycles. The molecule has 0 bridgehead atoms. The molecule has 0 unspecified atom stereocenters. The van der Waals surface area contributed by atoms with Crippen molar-refractivity contribution in [2.24, 2.45) is 10.4 Å². The highest BCUT2D eigenvalue weighted by Gasteiger charge is 2.54. The second kappa shape index (κ2) is 13.3. The molecule has 212 valence electrons. The first-order chi connectivity index (χ1) is 19.1. The summed E-state index contributed by atoms with van der Waals surface area (Å²) in [6.07, 6.45) is 1.07. The van der Waals surface area contributed by atoms with Crippen LogP contribution in [0.25, 0.3) is 0 Å². The predicted molar refractivity (Wildman–Crippen MR) is 166 cm³/mol. The van der Waals surface area contributed by atoms with E-state index in [1.807, 2.05) is 72.8 Å². The first-order valence-electron chi connectivity index (χ1n) is 13.5. The summed E-state index contributed by atoms with van der Waals surface area (Å²) in [7, 11) is 0. The first-order valence-corrected chi connectivity index (χ1v) is 15.1. The molecule has 1 aliphatic heterocycles.